The van der Waals surface area contributed by atoms with Crippen molar-refractivity contribution in [2.24, 2.45) is 4.99 Å². The molecule has 0 aliphatic carbocycles. The lowest BCUT2D eigenvalue weighted by molar-refractivity contribution is 0.411. The number of ether oxygens (including phenoxy) is 1. The van der Waals surface area contributed by atoms with Gasteiger partial charge in [0, 0.05) is 39.9 Å². The molecule has 0 saturated carbocycles. The molecule has 140 valence electrons. The minimum atomic E-state index is 0.736. The van der Waals surface area contributed by atoms with E-state index >= 15 is 0 Å². The zero-order chi connectivity index (χ0) is 18.9. The number of rotatable bonds is 7. The number of benzene rings is 2. The van der Waals surface area contributed by atoms with Crippen LogP contribution in [0.5, 0.6) is 5.75 Å². The van der Waals surface area contributed by atoms with Gasteiger partial charge in [-0.2, -0.15) is 0 Å². The van der Waals surface area contributed by atoms with Crippen LogP contribution in [0.3, 0.4) is 0 Å². The van der Waals surface area contributed by atoms with Gasteiger partial charge in [-0.05, 0) is 48.2 Å². The van der Waals surface area contributed by atoms with Gasteiger partial charge in [-0.25, -0.2) is 0 Å². The Balaban J connectivity index is 1.83. The Hall–Kier alpha value is -2.69. The SMILES string of the molecule is CN=C(NCCc1ccc(C)c(OC)c1)NCc1cccc(N(C)C)c1. The summed E-state index contributed by atoms with van der Waals surface area (Å²) >= 11 is 0. The van der Waals surface area contributed by atoms with Crippen molar-refractivity contribution in [2.45, 2.75) is 19.9 Å². The van der Waals surface area contributed by atoms with E-state index in [9.17, 15) is 0 Å². The van der Waals surface area contributed by atoms with Crippen LogP contribution in [0.4, 0.5) is 5.69 Å². The Labute approximate surface area is 157 Å². The number of anilines is 1. The second-order valence-corrected chi connectivity index (χ2v) is 6.47. The number of methoxy groups -OCH3 is 1. The maximum Gasteiger partial charge on any atom is 0.191 e. The van der Waals surface area contributed by atoms with Crippen LogP contribution in [0.25, 0.3) is 0 Å². The van der Waals surface area contributed by atoms with Crippen LogP contribution >= 0.6 is 0 Å². The molecular formula is C21H30N4O. The van der Waals surface area contributed by atoms with E-state index < -0.39 is 0 Å². The van der Waals surface area contributed by atoms with Gasteiger partial charge in [-0.15, -0.1) is 0 Å². The van der Waals surface area contributed by atoms with E-state index in [-0.39, 0.29) is 0 Å². The molecule has 26 heavy (non-hydrogen) atoms. The predicted octanol–water partition coefficient (Wildman–Crippen LogP) is 2.98. The van der Waals surface area contributed by atoms with E-state index in [2.05, 4.69) is 69.9 Å². The smallest absolute Gasteiger partial charge is 0.191 e. The first-order valence-corrected chi connectivity index (χ1v) is 8.87. The van der Waals surface area contributed by atoms with Crippen LogP contribution in [0.2, 0.25) is 0 Å². The summed E-state index contributed by atoms with van der Waals surface area (Å²) in [6, 6.07) is 14.8. The average molecular weight is 354 g/mol. The highest BCUT2D eigenvalue weighted by Crippen LogP contribution is 2.19. The van der Waals surface area contributed by atoms with Gasteiger partial charge in [0.15, 0.2) is 5.96 Å². The van der Waals surface area contributed by atoms with Gasteiger partial charge in [0.1, 0.15) is 5.75 Å². The van der Waals surface area contributed by atoms with E-state index in [0.29, 0.717) is 0 Å². The molecular weight excluding hydrogens is 324 g/mol. The van der Waals surface area contributed by atoms with Gasteiger partial charge in [-0.3, -0.25) is 4.99 Å². The van der Waals surface area contributed by atoms with Crippen molar-refractivity contribution >= 4 is 11.6 Å². The molecule has 0 amide bonds. The Morgan fingerprint density at radius 3 is 2.58 bits per heavy atom. The molecule has 0 aliphatic heterocycles. The molecule has 0 radical (unpaired) electrons. The average Bonchev–Trinajstić information content (AvgIpc) is 2.65. The zero-order valence-corrected chi connectivity index (χ0v) is 16.5. The Morgan fingerprint density at radius 2 is 1.88 bits per heavy atom. The first kappa shape index (κ1) is 19.6. The third-order valence-corrected chi connectivity index (χ3v) is 4.29. The van der Waals surface area contributed by atoms with E-state index in [1.165, 1.54) is 16.8 Å². The molecule has 5 nitrogen and oxygen atoms in total. The molecule has 0 bridgehead atoms. The number of guanidine groups is 1. The summed E-state index contributed by atoms with van der Waals surface area (Å²) in [6.45, 7) is 3.60. The van der Waals surface area contributed by atoms with Crippen molar-refractivity contribution in [3.05, 3.63) is 59.2 Å². The van der Waals surface area contributed by atoms with E-state index in [0.717, 1.165) is 36.8 Å². The summed E-state index contributed by atoms with van der Waals surface area (Å²) in [5, 5.41) is 6.73. The van der Waals surface area contributed by atoms with E-state index in [4.69, 9.17) is 4.74 Å². The van der Waals surface area contributed by atoms with Gasteiger partial charge in [0.05, 0.1) is 7.11 Å². The molecule has 0 saturated heterocycles. The fourth-order valence-corrected chi connectivity index (χ4v) is 2.70. The quantitative estimate of drug-likeness (QED) is 0.593. The Morgan fingerprint density at radius 1 is 1.08 bits per heavy atom. The van der Waals surface area contributed by atoms with Crippen molar-refractivity contribution < 1.29 is 4.74 Å². The summed E-state index contributed by atoms with van der Waals surface area (Å²) in [7, 11) is 7.60. The molecule has 0 fully saturated rings. The lowest BCUT2D eigenvalue weighted by Gasteiger charge is -2.15. The van der Waals surface area contributed by atoms with Gasteiger partial charge >= 0.3 is 0 Å². The standard InChI is InChI=1S/C21H30N4O/c1-16-9-10-17(14-20(16)26-5)11-12-23-21(22-2)24-15-18-7-6-8-19(13-18)25(3)4/h6-10,13-14H,11-12,15H2,1-5H3,(H2,22,23,24). The molecule has 0 spiro atoms. The Kier molecular flexibility index (Phi) is 7.33. The lowest BCUT2D eigenvalue weighted by Crippen LogP contribution is -2.37. The van der Waals surface area contributed by atoms with Crippen LogP contribution < -0.4 is 20.3 Å². The largest absolute Gasteiger partial charge is 0.496 e. The third kappa shape index (κ3) is 5.69. The fourth-order valence-electron chi connectivity index (χ4n) is 2.70. The molecule has 2 aromatic rings. The number of nitrogens with zero attached hydrogens (tertiary/aromatic N) is 2. The summed E-state index contributed by atoms with van der Waals surface area (Å²) < 4.78 is 5.39. The van der Waals surface area contributed by atoms with Crippen molar-refractivity contribution in [2.75, 3.05) is 39.7 Å². The molecule has 2 aromatic carbocycles. The molecule has 2 N–H and O–H groups in total. The molecule has 2 rings (SSSR count). The minimum Gasteiger partial charge on any atom is -0.496 e. The second-order valence-electron chi connectivity index (χ2n) is 6.47. The summed E-state index contributed by atoms with van der Waals surface area (Å²) in [6.07, 6.45) is 0.910. The number of hydrogen-bond acceptors (Lipinski definition) is 3. The number of aryl methyl sites for hydroxylation is 1. The highest BCUT2D eigenvalue weighted by molar-refractivity contribution is 5.79. The first-order valence-electron chi connectivity index (χ1n) is 8.87. The minimum absolute atomic E-state index is 0.736. The van der Waals surface area contributed by atoms with Crippen molar-refractivity contribution in [1.82, 2.24) is 10.6 Å². The normalized spacial score (nSPS) is 11.2. The maximum atomic E-state index is 5.39. The lowest BCUT2D eigenvalue weighted by atomic mass is 10.1. The van der Waals surface area contributed by atoms with Crippen molar-refractivity contribution in [3.8, 4) is 5.75 Å². The molecule has 5 heteroatoms. The van der Waals surface area contributed by atoms with Crippen LogP contribution in [0, 0.1) is 6.92 Å². The molecule has 0 aromatic heterocycles. The molecule has 0 atom stereocenters. The third-order valence-electron chi connectivity index (χ3n) is 4.29. The van der Waals surface area contributed by atoms with Gasteiger partial charge < -0.3 is 20.3 Å². The van der Waals surface area contributed by atoms with Gasteiger partial charge in [0.2, 0.25) is 0 Å². The molecule has 0 unspecified atom stereocenters. The maximum absolute atomic E-state index is 5.39. The predicted molar refractivity (Wildman–Crippen MR) is 110 cm³/mol. The number of aliphatic imine (C=N–C) groups is 1. The highest BCUT2D eigenvalue weighted by Gasteiger charge is 2.03. The first-order chi connectivity index (χ1) is 12.5. The highest BCUT2D eigenvalue weighted by atomic mass is 16.5. The second kappa shape index (κ2) is 9.70. The van der Waals surface area contributed by atoms with E-state index in [1.54, 1.807) is 14.2 Å². The monoisotopic (exact) mass is 354 g/mol. The molecule has 0 aliphatic rings. The Bertz CT molecular complexity index is 741. The van der Waals surface area contributed by atoms with Crippen LogP contribution in [0.15, 0.2) is 47.5 Å². The van der Waals surface area contributed by atoms with Gasteiger partial charge in [0.25, 0.3) is 0 Å². The van der Waals surface area contributed by atoms with Crippen LogP contribution in [-0.2, 0) is 13.0 Å². The van der Waals surface area contributed by atoms with Crippen molar-refractivity contribution in [3.63, 3.8) is 0 Å². The van der Waals surface area contributed by atoms with Crippen LogP contribution in [0.1, 0.15) is 16.7 Å². The number of nitrogens with one attached hydrogen (secondary N) is 2. The summed E-state index contributed by atoms with van der Waals surface area (Å²) in [5.74, 6) is 1.74. The van der Waals surface area contributed by atoms with Crippen molar-refractivity contribution in [1.29, 1.82) is 0 Å². The topological polar surface area (TPSA) is 48.9 Å². The molecule has 0 heterocycles. The fraction of sp³-hybridized carbons (Fsp3) is 0.381. The van der Waals surface area contributed by atoms with Gasteiger partial charge in [-0.1, -0.05) is 24.3 Å². The zero-order valence-electron chi connectivity index (χ0n) is 16.5. The number of hydrogen-bond donors (Lipinski definition) is 2. The summed E-state index contributed by atoms with van der Waals surface area (Å²) in [5.41, 5.74) is 4.82. The van der Waals surface area contributed by atoms with E-state index in [1.807, 2.05) is 14.1 Å². The van der Waals surface area contributed by atoms with Crippen LogP contribution in [-0.4, -0.2) is 40.8 Å². The summed E-state index contributed by atoms with van der Waals surface area (Å²) in [4.78, 5) is 6.40.